The Morgan fingerprint density at radius 2 is 2.15 bits per heavy atom. The summed E-state index contributed by atoms with van der Waals surface area (Å²) >= 11 is 0. The number of hydrogen-bond acceptors (Lipinski definition) is 2. The fraction of sp³-hybridized carbons (Fsp3) is 0.412. The minimum Gasteiger partial charge on any atom is -0.383 e. The van der Waals surface area contributed by atoms with Crippen molar-refractivity contribution >= 4 is 10.9 Å². The second-order valence-corrected chi connectivity index (χ2v) is 4.69. The van der Waals surface area contributed by atoms with Crippen molar-refractivity contribution in [3.05, 3.63) is 36.0 Å². The van der Waals surface area contributed by atoms with Gasteiger partial charge >= 0.3 is 0 Å². The van der Waals surface area contributed by atoms with Gasteiger partial charge in [0, 0.05) is 44.4 Å². The van der Waals surface area contributed by atoms with Crippen molar-refractivity contribution in [1.29, 1.82) is 0 Å². The first kappa shape index (κ1) is 14.6. The van der Waals surface area contributed by atoms with Crippen LogP contribution in [0.1, 0.15) is 19.0 Å². The highest BCUT2D eigenvalue weighted by Crippen LogP contribution is 2.20. The Balaban J connectivity index is 2.16. The van der Waals surface area contributed by atoms with Crippen molar-refractivity contribution in [3.63, 3.8) is 0 Å². The molecule has 0 radical (unpaired) electrons. The summed E-state index contributed by atoms with van der Waals surface area (Å²) in [5, 5.41) is 4.70. The van der Waals surface area contributed by atoms with Crippen LogP contribution in [0.5, 0.6) is 0 Å². The topological polar surface area (TPSA) is 26.2 Å². The molecule has 0 spiro atoms. The molecule has 106 valence electrons. The van der Waals surface area contributed by atoms with E-state index in [0.717, 1.165) is 32.7 Å². The number of ether oxygens (including phenoxy) is 1. The molecule has 0 aliphatic rings. The van der Waals surface area contributed by atoms with Crippen LogP contribution in [0.2, 0.25) is 0 Å². The zero-order valence-corrected chi connectivity index (χ0v) is 12.3. The lowest BCUT2D eigenvalue weighted by Gasteiger charge is -2.10. The van der Waals surface area contributed by atoms with E-state index >= 15 is 0 Å². The van der Waals surface area contributed by atoms with Gasteiger partial charge in [0.15, 0.2) is 0 Å². The highest BCUT2D eigenvalue weighted by Gasteiger charge is 2.07. The number of fused-ring (bicyclic) bond motifs is 1. The third-order valence-electron chi connectivity index (χ3n) is 3.32. The minimum absolute atomic E-state index is 0.738. The number of rotatable bonds is 7. The maximum atomic E-state index is 5.06. The molecule has 0 amide bonds. The maximum absolute atomic E-state index is 5.06. The summed E-state index contributed by atoms with van der Waals surface area (Å²) < 4.78 is 7.42. The molecule has 3 heteroatoms. The van der Waals surface area contributed by atoms with Gasteiger partial charge in [-0.05, 0) is 24.4 Å². The predicted octanol–water partition coefficient (Wildman–Crippen LogP) is 2.79. The Labute approximate surface area is 120 Å². The molecule has 0 bridgehead atoms. The van der Waals surface area contributed by atoms with Gasteiger partial charge in [-0.2, -0.15) is 0 Å². The van der Waals surface area contributed by atoms with Crippen molar-refractivity contribution in [2.24, 2.45) is 0 Å². The van der Waals surface area contributed by atoms with Crippen molar-refractivity contribution in [2.75, 3.05) is 20.3 Å². The predicted molar refractivity (Wildman–Crippen MR) is 83.6 cm³/mol. The normalized spacial score (nSPS) is 10.5. The second kappa shape index (κ2) is 7.74. The van der Waals surface area contributed by atoms with Crippen molar-refractivity contribution in [3.8, 4) is 11.8 Å². The molecule has 3 nitrogen and oxygen atoms in total. The van der Waals surface area contributed by atoms with Crippen LogP contribution in [0.15, 0.2) is 30.3 Å². The Hall–Kier alpha value is -1.76. The van der Waals surface area contributed by atoms with E-state index in [1.807, 2.05) is 6.92 Å². The highest BCUT2D eigenvalue weighted by atomic mass is 16.5. The highest BCUT2D eigenvalue weighted by molar-refractivity contribution is 5.81. The summed E-state index contributed by atoms with van der Waals surface area (Å²) in [6.45, 7) is 5.29. The summed E-state index contributed by atoms with van der Waals surface area (Å²) in [5.41, 5.74) is 2.59. The molecule has 2 rings (SSSR count). The first-order valence-electron chi connectivity index (χ1n) is 7.03. The van der Waals surface area contributed by atoms with Crippen molar-refractivity contribution in [1.82, 2.24) is 9.88 Å². The number of aryl methyl sites for hydroxylation is 1. The molecule has 0 aliphatic carbocycles. The summed E-state index contributed by atoms with van der Waals surface area (Å²) in [6.07, 6.45) is 0.889. The molecule has 0 fully saturated rings. The molecule has 1 aromatic heterocycles. The molecule has 0 atom stereocenters. The zero-order valence-electron chi connectivity index (χ0n) is 12.3. The van der Waals surface area contributed by atoms with E-state index in [0.29, 0.717) is 0 Å². The van der Waals surface area contributed by atoms with Crippen LogP contribution >= 0.6 is 0 Å². The zero-order chi connectivity index (χ0) is 14.2. The van der Waals surface area contributed by atoms with Gasteiger partial charge in [-0.1, -0.05) is 18.2 Å². The Morgan fingerprint density at radius 1 is 1.30 bits per heavy atom. The van der Waals surface area contributed by atoms with Gasteiger partial charge in [0.2, 0.25) is 0 Å². The van der Waals surface area contributed by atoms with E-state index in [4.69, 9.17) is 4.74 Å². The van der Waals surface area contributed by atoms with Crippen LogP contribution in [-0.2, 0) is 17.8 Å². The average Bonchev–Trinajstić information content (AvgIpc) is 2.82. The number of nitrogens with one attached hydrogen (secondary N) is 1. The lowest BCUT2D eigenvalue weighted by Crippen LogP contribution is -2.20. The molecule has 2 aromatic rings. The van der Waals surface area contributed by atoms with Gasteiger partial charge in [-0.3, -0.25) is 0 Å². The molecule has 1 aromatic carbocycles. The van der Waals surface area contributed by atoms with Crippen LogP contribution in [0, 0.1) is 11.8 Å². The molecule has 0 saturated carbocycles. The fourth-order valence-electron chi connectivity index (χ4n) is 2.36. The lowest BCUT2D eigenvalue weighted by molar-refractivity contribution is 0.199. The van der Waals surface area contributed by atoms with Gasteiger partial charge in [0.05, 0.1) is 6.61 Å². The third-order valence-corrected chi connectivity index (χ3v) is 3.32. The van der Waals surface area contributed by atoms with Crippen LogP contribution in [0.25, 0.3) is 10.9 Å². The van der Waals surface area contributed by atoms with E-state index in [9.17, 15) is 0 Å². The quantitative estimate of drug-likeness (QED) is 0.618. The monoisotopic (exact) mass is 270 g/mol. The van der Waals surface area contributed by atoms with Crippen LogP contribution in [0.3, 0.4) is 0 Å². The first-order chi connectivity index (χ1) is 9.86. The molecular formula is C17H22N2O. The van der Waals surface area contributed by atoms with E-state index in [2.05, 4.69) is 52.1 Å². The number of methoxy groups -OCH3 is 1. The fourth-order valence-corrected chi connectivity index (χ4v) is 2.36. The SMILES string of the molecule is CC#CCCn1c(CNCCOC)cc2ccccc21. The smallest absolute Gasteiger partial charge is 0.0587 e. The minimum atomic E-state index is 0.738. The van der Waals surface area contributed by atoms with Gasteiger partial charge in [-0.15, -0.1) is 11.8 Å². The average molecular weight is 270 g/mol. The number of nitrogens with zero attached hydrogens (tertiary/aromatic N) is 1. The molecule has 0 unspecified atom stereocenters. The largest absolute Gasteiger partial charge is 0.383 e. The summed E-state index contributed by atoms with van der Waals surface area (Å²) in [5.74, 6) is 6.11. The maximum Gasteiger partial charge on any atom is 0.0587 e. The van der Waals surface area contributed by atoms with Crippen LogP contribution in [0.4, 0.5) is 0 Å². The molecular weight excluding hydrogens is 248 g/mol. The van der Waals surface area contributed by atoms with Gasteiger partial charge < -0.3 is 14.6 Å². The summed E-state index contributed by atoms with van der Waals surface area (Å²) in [6, 6.07) is 10.8. The Kier molecular flexibility index (Phi) is 5.67. The number of benzene rings is 1. The third kappa shape index (κ3) is 3.63. The van der Waals surface area contributed by atoms with Gasteiger partial charge in [-0.25, -0.2) is 0 Å². The molecule has 0 saturated heterocycles. The van der Waals surface area contributed by atoms with Crippen molar-refractivity contribution in [2.45, 2.75) is 26.4 Å². The Morgan fingerprint density at radius 3 is 2.95 bits per heavy atom. The lowest BCUT2D eigenvalue weighted by atomic mass is 10.2. The number of hydrogen-bond donors (Lipinski definition) is 1. The van der Waals surface area contributed by atoms with Gasteiger partial charge in [0.25, 0.3) is 0 Å². The standard InChI is InChI=1S/C17H22N2O/c1-3-4-7-11-19-16(14-18-10-12-20-2)13-15-8-5-6-9-17(15)19/h5-6,8-9,13,18H,7,10-12,14H2,1-2H3. The Bertz CT molecular complexity index is 604. The first-order valence-corrected chi connectivity index (χ1v) is 7.03. The van der Waals surface area contributed by atoms with E-state index in [-0.39, 0.29) is 0 Å². The molecule has 0 aliphatic heterocycles. The molecule has 1 heterocycles. The van der Waals surface area contributed by atoms with E-state index in [1.54, 1.807) is 7.11 Å². The van der Waals surface area contributed by atoms with E-state index in [1.165, 1.54) is 16.6 Å². The van der Waals surface area contributed by atoms with E-state index < -0.39 is 0 Å². The van der Waals surface area contributed by atoms with Crippen LogP contribution in [-0.4, -0.2) is 24.8 Å². The summed E-state index contributed by atoms with van der Waals surface area (Å²) in [4.78, 5) is 0. The second-order valence-electron chi connectivity index (χ2n) is 4.69. The summed E-state index contributed by atoms with van der Waals surface area (Å²) in [7, 11) is 1.72. The molecule has 20 heavy (non-hydrogen) atoms. The van der Waals surface area contributed by atoms with Crippen molar-refractivity contribution < 1.29 is 4.74 Å². The molecule has 1 N–H and O–H groups in total. The number of para-hydroxylation sites is 1. The number of aromatic nitrogens is 1. The van der Waals surface area contributed by atoms with Crippen LogP contribution < -0.4 is 5.32 Å². The van der Waals surface area contributed by atoms with Gasteiger partial charge in [0.1, 0.15) is 0 Å².